The van der Waals surface area contributed by atoms with Crippen molar-refractivity contribution >= 4 is 5.91 Å². The molecule has 1 amide bonds. The highest BCUT2D eigenvalue weighted by Crippen LogP contribution is 2.17. The Labute approximate surface area is 110 Å². The average molecular weight is 257 g/mol. The molecule has 1 aliphatic rings. The van der Waals surface area contributed by atoms with E-state index >= 15 is 0 Å². The molecule has 1 aliphatic carbocycles. The third kappa shape index (κ3) is 2.48. The van der Waals surface area contributed by atoms with Gasteiger partial charge in [0.2, 0.25) is 0 Å². The first kappa shape index (κ1) is 11.9. The summed E-state index contributed by atoms with van der Waals surface area (Å²) in [5.74, 6) is -0.195. The van der Waals surface area contributed by atoms with Gasteiger partial charge in [-0.1, -0.05) is 18.2 Å². The van der Waals surface area contributed by atoms with Crippen LogP contribution in [0.5, 0.6) is 0 Å². The number of benzene rings is 1. The van der Waals surface area contributed by atoms with E-state index in [1.54, 1.807) is 0 Å². The first-order chi connectivity index (χ1) is 9.22. The maximum atomic E-state index is 11.9. The highest BCUT2D eigenvalue weighted by atomic mass is 16.2. The van der Waals surface area contributed by atoms with Crippen LogP contribution in [-0.2, 0) is 0 Å². The van der Waals surface area contributed by atoms with Crippen molar-refractivity contribution in [3.05, 3.63) is 42.2 Å². The first-order valence-electron chi connectivity index (χ1n) is 6.26. The number of carbonyl (C=O) groups excluding carboxylic acids is 1. The Hall–Kier alpha value is -2.21. The maximum absolute atomic E-state index is 11.9. The van der Waals surface area contributed by atoms with Gasteiger partial charge in [-0.3, -0.25) is 4.79 Å². The van der Waals surface area contributed by atoms with E-state index in [0.717, 1.165) is 18.5 Å². The van der Waals surface area contributed by atoms with Gasteiger partial charge in [0.05, 0.1) is 11.9 Å². The largest absolute Gasteiger partial charge is 0.348 e. The third-order valence-electron chi connectivity index (χ3n) is 3.22. The zero-order chi connectivity index (χ0) is 13.2. The summed E-state index contributed by atoms with van der Waals surface area (Å²) in [7, 11) is 0. The summed E-state index contributed by atoms with van der Waals surface area (Å²) in [6.45, 7) is 0. The Morgan fingerprint density at radius 3 is 2.74 bits per heavy atom. The lowest BCUT2D eigenvalue weighted by molar-refractivity contribution is 0.0904. The van der Waals surface area contributed by atoms with Crippen LogP contribution in [-0.4, -0.2) is 33.0 Å². The number of para-hydroxylation sites is 1. The molecule has 6 heteroatoms. The zero-order valence-corrected chi connectivity index (χ0v) is 10.4. The number of aromatic nitrogens is 3. The molecule has 2 aromatic rings. The van der Waals surface area contributed by atoms with Crippen LogP contribution in [0.2, 0.25) is 0 Å². The molecule has 0 radical (unpaired) electrons. The van der Waals surface area contributed by atoms with Crippen LogP contribution in [0.25, 0.3) is 5.69 Å². The van der Waals surface area contributed by atoms with Crippen LogP contribution in [0.3, 0.4) is 0 Å². The van der Waals surface area contributed by atoms with Gasteiger partial charge in [0.15, 0.2) is 5.69 Å². The van der Waals surface area contributed by atoms with Gasteiger partial charge < -0.3 is 11.1 Å². The summed E-state index contributed by atoms with van der Waals surface area (Å²) in [5.41, 5.74) is 6.83. The van der Waals surface area contributed by atoms with Crippen molar-refractivity contribution < 1.29 is 4.79 Å². The minimum Gasteiger partial charge on any atom is -0.348 e. The quantitative estimate of drug-likeness (QED) is 0.837. The van der Waals surface area contributed by atoms with Crippen LogP contribution in [0.15, 0.2) is 36.5 Å². The monoisotopic (exact) mass is 257 g/mol. The molecule has 0 bridgehead atoms. The number of nitrogens with two attached hydrogens (primary N) is 1. The standard InChI is InChI=1S/C13H15N5O/c14-9-6-10(7-9)16-13(19)12-8-15-18(17-12)11-4-2-1-3-5-11/h1-5,8-10H,6-7,14H2,(H,16,19). The normalized spacial score (nSPS) is 21.7. The summed E-state index contributed by atoms with van der Waals surface area (Å²) >= 11 is 0. The smallest absolute Gasteiger partial charge is 0.273 e. The van der Waals surface area contributed by atoms with E-state index in [4.69, 9.17) is 5.73 Å². The predicted octanol–water partition coefficient (Wildman–Crippen LogP) is 0.487. The summed E-state index contributed by atoms with van der Waals surface area (Å²) in [4.78, 5) is 13.4. The van der Waals surface area contributed by atoms with E-state index in [9.17, 15) is 4.79 Å². The first-order valence-corrected chi connectivity index (χ1v) is 6.26. The van der Waals surface area contributed by atoms with Crippen molar-refractivity contribution in [1.82, 2.24) is 20.3 Å². The molecule has 1 fully saturated rings. The highest BCUT2D eigenvalue weighted by molar-refractivity contribution is 5.92. The van der Waals surface area contributed by atoms with Gasteiger partial charge in [0, 0.05) is 12.1 Å². The van der Waals surface area contributed by atoms with E-state index in [1.807, 2.05) is 30.3 Å². The number of rotatable bonds is 3. The maximum Gasteiger partial charge on any atom is 0.273 e. The predicted molar refractivity (Wildman–Crippen MR) is 69.8 cm³/mol. The van der Waals surface area contributed by atoms with Crippen molar-refractivity contribution in [3.63, 3.8) is 0 Å². The van der Waals surface area contributed by atoms with Crippen molar-refractivity contribution in [2.24, 2.45) is 5.73 Å². The SMILES string of the molecule is NC1CC(NC(=O)c2cnn(-c3ccccc3)n2)C1. The summed E-state index contributed by atoms with van der Waals surface area (Å²) < 4.78 is 0. The minimum absolute atomic E-state index is 0.171. The molecular weight excluding hydrogens is 242 g/mol. The molecule has 1 saturated carbocycles. The summed E-state index contributed by atoms with van der Waals surface area (Å²) in [5, 5.41) is 11.2. The number of amides is 1. The molecule has 1 heterocycles. The van der Waals surface area contributed by atoms with Gasteiger partial charge in [-0.15, -0.1) is 5.10 Å². The Morgan fingerprint density at radius 1 is 1.32 bits per heavy atom. The number of carbonyl (C=O) groups is 1. The number of nitrogens with one attached hydrogen (secondary N) is 1. The lowest BCUT2D eigenvalue weighted by atomic mass is 9.87. The molecule has 1 aromatic heterocycles. The van der Waals surface area contributed by atoms with E-state index < -0.39 is 0 Å². The van der Waals surface area contributed by atoms with Gasteiger partial charge in [0.1, 0.15) is 0 Å². The molecular formula is C13H15N5O. The minimum atomic E-state index is -0.195. The molecule has 0 spiro atoms. The fourth-order valence-corrected chi connectivity index (χ4v) is 2.09. The second-order valence-electron chi connectivity index (χ2n) is 4.76. The molecule has 0 aliphatic heterocycles. The molecule has 0 saturated heterocycles. The second kappa shape index (κ2) is 4.81. The van der Waals surface area contributed by atoms with Crippen LogP contribution in [0, 0.1) is 0 Å². The van der Waals surface area contributed by atoms with Crippen molar-refractivity contribution in [1.29, 1.82) is 0 Å². The molecule has 0 unspecified atom stereocenters. The number of hydrogen-bond donors (Lipinski definition) is 2. The lowest BCUT2D eigenvalue weighted by Gasteiger charge is -2.32. The van der Waals surface area contributed by atoms with Gasteiger partial charge in [0.25, 0.3) is 5.91 Å². The average Bonchev–Trinajstić information content (AvgIpc) is 2.87. The fraction of sp³-hybridized carbons (Fsp3) is 0.308. The van der Waals surface area contributed by atoms with Crippen LogP contribution in [0.4, 0.5) is 0 Å². The van der Waals surface area contributed by atoms with Crippen LogP contribution < -0.4 is 11.1 Å². The van der Waals surface area contributed by atoms with Crippen LogP contribution >= 0.6 is 0 Å². The van der Waals surface area contributed by atoms with E-state index in [0.29, 0.717) is 5.69 Å². The third-order valence-corrected chi connectivity index (χ3v) is 3.22. The molecule has 6 nitrogen and oxygen atoms in total. The van der Waals surface area contributed by atoms with E-state index in [-0.39, 0.29) is 18.0 Å². The molecule has 3 rings (SSSR count). The molecule has 3 N–H and O–H groups in total. The summed E-state index contributed by atoms with van der Waals surface area (Å²) in [6, 6.07) is 9.86. The molecule has 0 atom stereocenters. The fourth-order valence-electron chi connectivity index (χ4n) is 2.09. The Morgan fingerprint density at radius 2 is 2.05 bits per heavy atom. The Kier molecular flexibility index (Phi) is 3.00. The van der Waals surface area contributed by atoms with Crippen molar-refractivity contribution in [3.8, 4) is 5.69 Å². The van der Waals surface area contributed by atoms with Crippen molar-refractivity contribution in [2.75, 3.05) is 0 Å². The molecule has 19 heavy (non-hydrogen) atoms. The Balaban J connectivity index is 1.69. The second-order valence-corrected chi connectivity index (χ2v) is 4.76. The Bertz CT molecular complexity index is 574. The lowest BCUT2D eigenvalue weighted by Crippen LogP contribution is -2.50. The molecule has 98 valence electrons. The van der Waals surface area contributed by atoms with Gasteiger partial charge >= 0.3 is 0 Å². The van der Waals surface area contributed by atoms with E-state index in [1.165, 1.54) is 11.0 Å². The van der Waals surface area contributed by atoms with Crippen LogP contribution in [0.1, 0.15) is 23.3 Å². The topological polar surface area (TPSA) is 85.8 Å². The van der Waals surface area contributed by atoms with Gasteiger partial charge in [-0.2, -0.15) is 9.90 Å². The number of nitrogens with zero attached hydrogens (tertiary/aromatic N) is 3. The molecule has 1 aromatic carbocycles. The highest BCUT2D eigenvalue weighted by Gasteiger charge is 2.28. The summed E-state index contributed by atoms with van der Waals surface area (Å²) in [6.07, 6.45) is 3.14. The van der Waals surface area contributed by atoms with E-state index in [2.05, 4.69) is 15.5 Å². The number of hydrogen-bond acceptors (Lipinski definition) is 4. The van der Waals surface area contributed by atoms with Gasteiger partial charge in [-0.25, -0.2) is 0 Å². The van der Waals surface area contributed by atoms with Crippen molar-refractivity contribution in [2.45, 2.75) is 24.9 Å². The zero-order valence-electron chi connectivity index (χ0n) is 10.4. The van der Waals surface area contributed by atoms with Gasteiger partial charge in [-0.05, 0) is 25.0 Å².